The average molecular weight is 264 g/mol. The predicted octanol–water partition coefficient (Wildman–Crippen LogP) is 1.56. The molecule has 0 aliphatic carbocycles. The number of benzene rings is 1. The number of carbonyl (C=O) groups excluding carboxylic acids is 2. The number of anilines is 1. The Morgan fingerprint density at radius 1 is 1.11 bits per heavy atom. The van der Waals surface area contributed by atoms with Gasteiger partial charge in [-0.1, -0.05) is 18.2 Å². The van der Waals surface area contributed by atoms with Gasteiger partial charge in [-0.2, -0.15) is 0 Å². The molecule has 1 aromatic rings. The molecule has 19 heavy (non-hydrogen) atoms. The lowest BCUT2D eigenvalue weighted by Gasteiger charge is -2.06. The van der Waals surface area contributed by atoms with Gasteiger partial charge in [0.05, 0.1) is 6.61 Å². The van der Waals surface area contributed by atoms with Gasteiger partial charge >= 0.3 is 0 Å². The van der Waals surface area contributed by atoms with Gasteiger partial charge in [-0.3, -0.25) is 9.59 Å². The summed E-state index contributed by atoms with van der Waals surface area (Å²) >= 11 is 0. The van der Waals surface area contributed by atoms with Crippen LogP contribution in [-0.2, 0) is 14.3 Å². The van der Waals surface area contributed by atoms with E-state index in [9.17, 15) is 9.59 Å². The molecule has 104 valence electrons. The molecule has 0 spiro atoms. The molecule has 2 N–H and O–H groups in total. The zero-order valence-electron chi connectivity index (χ0n) is 11.1. The van der Waals surface area contributed by atoms with E-state index in [2.05, 4.69) is 10.6 Å². The molecule has 0 unspecified atom stereocenters. The lowest BCUT2D eigenvalue weighted by Crippen LogP contribution is -2.28. The largest absolute Gasteiger partial charge is 0.381 e. The van der Waals surface area contributed by atoms with Crippen LogP contribution in [0.3, 0.4) is 0 Å². The minimum Gasteiger partial charge on any atom is -0.381 e. The second kappa shape index (κ2) is 9.10. The predicted molar refractivity (Wildman–Crippen MR) is 73.8 cm³/mol. The van der Waals surface area contributed by atoms with Crippen LogP contribution in [0.25, 0.3) is 0 Å². The van der Waals surface area contributed by atoms with Crippen molar-refractivity contribution < 1.29 is 14.3 Å². The van der Waals surface area contributed by atoms with E-state index in [0.717, 1.165) is 5.69 Å². The second-order valence-corrected chi connectivity index (χ2v) is 3.96. The maximum Gasteiger partial charge on any atom is 0.226 e. The molecular weight excluding hydrogens is 244 g/mol. The van der Waals surface area contributed by atoms with Gasteiger partial charge in [-0.25, -0.2) is 0 Å². The summed E-state index contributed by atoms with van der Waals surface area (Å²) in [7, 11) is 0. The lowest BCUT2D eigenvalue weighted by molar-refractivity contribution is -0.122. The average Bonchev–Trinajstić information content (AvgIpc) is 2.40. The summed E-state index contributed by atoms with van der Waals surface area (Å²) in [4.78, 5) is 22.9. The number of hydrogen-bond acceptors (Lipinski definition) is 3. The van der Waals surface area contributed by atoms with E-state index in [1.165, 1.54) is 0 Å². The first-order valence-corrected chi connectivity index (χ1v) is 6.41. The molecule has 0 fully saturated rings. The van der Waals surface area contributed by atoms with Gasteiger partial charge in [0, 0.05) is 31.7 Å². The molecule has 0 heterocycles. The molecule has 0 saturated carbocycles. The van der Waals surface area contributed by atoms with Gasteiger partial charge in [0.1, 0.15) is 0 Å². The van der Waals surface area contributed by atoms with Gasteiger partial charge in [-0.15, -0.1) is 0 Å². The number of amides is 2. The van der Waals surface area contributed by atoms with Gasteiger partial charge in [-0.05, 0) is 19.1 Å². The first-order valence-electron chi connectivity index (χ1n) is 6.41. The van der Waals surface area contributed by atoms with Crippen molar-refractivity contribution in [1.82, 2.24) is 5.32 Å². The minimum atomic E-state index is -0.115. The summed E-state index contributed by atoms with van der Waals surface area (Å²) in [5.41, 5.74) is 0.759. The second-order valence-electron chi connectivity index (χ2n) is 3.96. The maximum atomic E-state index is 11.6. The molecule has 5 nitrogen and oxygen atoms in total. The minimum absolute atomic E-state index is 0.0963. The highest BCUT2D eigenvalue weighted by Gasteiger charge is 2.04. The Balaban J connectivity index is 2.12. The Labute approximate surface area is 113 Å². The van der Waals surface area contributed by atoms with Crippen LogP contribution in [0.2, 0.25) is 0 Å². The molecular formula is C14H20N2O3. The molecule has 1 rings (SSSR count). The van der Waals surface area contributed by atoms with Crippen molar-refractivity contribution in [2.75, 3.05) is 25.1 Å². The fraction of sp³-hybridized carbons (Fsp3) is 0.429. The summed E-state index contributed by atoms with van der Waals surface area (Å²) in [6.45, 7) is 3.24. The van der Waals surface area contributed by atoms with Crippen molar-refractivity contribution in [3.63, 3.8) is 0 Å². The summed E-state index contributed by atoms with van der Waals surface area (Å²) in [5.74, 6) is -0.211. The monoisotopic (exact) mass is 264 g/mol. The normalized spacial score (nSPS) is 9.95. The van der Waals surface area contributed by atoms with E-state index < -0.39 is 0 Å². The topological polar surface area (TPSA) is 67.4 Å². The van der Waals surface area contributed by atoms with Crippen LogP contribution in [0.1, 0.15) is 19.8 Å². The molecule has 0 atom stereocenters. The number of ether oxygens (including phenoxy) is 1. The molecule has 5 heteroatoms. The first kappa shape index (κ1) is 15.2. The lowest BCUT2D eigenvalue weighted by atomic mass is 10.3. The van der Waals surface area contributed by atoms with Crippen LogP contribution >= 0.6 is 0 Å². The van der Waals surface area contributed by atoms with Gasteiger partial charge in [0.15, 0.2) is 0 Å². The molecule has 0 aliphatic heterocycles. The van der Waals surface area contributed by atoms with E-state index in [1.54, 1.807) is 0 Å². The highest BCUT2D eigenvalue weighted by molar-refractivity contribution is 5.91. The smallest absolute Gasteiger partial charge is 0.226 e. The number of nitrogens with one attached hydrogen (secondary N) is 2. The first-order chi connectivity index (χ1) is 9.22. The summed E-state index contributed by atoms with van der Waals surface area (Å²) in [6, 6.07) is 9.22. The quantitative estimate of drug-likeness (QED) is 0.700. The number of hydrogen-bond donors (Lipinski definition) is 2. The third-order valence-corrected chi connectivity index (χ3v) is 2.41. The Morgan fingerprint density at radius 3 is 2.53 bits per heavy atom. The highest BCUT2D eigenvalue weighted by Crippen LogP contribution is 2.04. The molecule has 0 bridgehead atoms. The molecule has 1 aromatic carbocycles. The van der Waals surface area contributed by atoms with Gasteiger partial charge < -0.3 is 15.4 Å². The van der Waals surface area contributed by atoms with Crippen LogP contribution in [0.15, 0.2) is 30.3 Å². The van der Waals surface area contributed by atoms with Crippen molar-refractivity contribution in [3.8, 4) is 0 Å². The molecule has 0 aromatic heterocycles. The zero-order chi connectivity index (χ0) is 13.9. The standard InChI is InChI=1S/C14H20N2O3/c1-2-19-11-9-13(17)15-10-8-14(18)16-12-6-4-3-5-7-12/h3-7H,2,8-11H2,1H3,(H,15,17)(H,16,18). The van der Waals surface area contributed by atoms with E-state index in [1.807, 2.05) is 37.3 Å². The van der Waals surface area contributed by atoms with Crippen molar-refractivity contribution in [1.29, 1.82) is 0 Å². The highest BCUT2D eigenvalue weighted by atomic mass is 16.5. The Hall–Kier alpha value is -1.88. The summed E-state index contributed by atoms with van der Waals surface area (Å²) in [5, 5.41) is 5.43. The fourth-order valence-corrected chi connectivity index (χ4v) is 1.46. The number of para-hydroxylation sites is 1. The van der Waals surface area contributed by atoms with Crippen LogP contribution < -0.4 is 10.6 Å². The zero-order valence-corrected chi connectivity index (χ0v) is 11.1. The maximum absolute atomic E-state index is 11.6. The van der Waals surface area contributed by atoms with E-state index in [4.69, 9.17) is 4.74 Å². The summed E-state index contributed by atoms with van der Waals surface area (Å²) in [6.07, 6.45) is 0.587. The van der Waals surface area contributed by atoms with Crippen molar-refractivity contribution in [2.45, 2.75) is 19.8 Å². The van der Waals surface area contributed by atoms with Gasteiger partial charge in [0.2, 0.25) is 11.8 Å². The van der Waals surface area contributed by atoms with Crippen LogP contribution in [0, 0.1) is 0 Å². The van der Waals surface area contributed by atoms with Crippen molar-refractivity contribution in [2.24, 2.45) is 0 Å². The fourth-order valence-electron chi connectivity index (χ4n) is 1.46. The van der Waals surface area contributed by atoms with E-state index in [-0.39, 0.29) is 18.2 Å². The van der Waals surface area contributed by atoms with Crippen molar-refractivity contribution >= 4 is 17.5 Å². The van der Waals surface area contributed by atoms with Gasteiger partial charge in [0.25, 0.3) is 0 Å². The third-order valence-electron chi connectivity index (χ3n) is 2.41. The Morgan fingerprint density at radius 2 is 1.84 bits per heavy atom. The van der Waals surface area contributed by atoms with Crippen molar-refractivity contribution in [3.05, 3.63) is 30.3 Å². The third kappa shape index (κ3) is 7.21. The molecule has 2 amide bonds. The Bertz CT molecular complexity index is 393. The molecule has 0 aliphatic rings. The number of rotatable bonds is 8. The van der Waals surface area contributed by atoms with Crippen LogP contribution in [0.5, 0.6) is 0 Å². The van der Waals surface area contributed by atoms with E-state index in [0.29, 0.717) is 26.2 Å². The number of carbonyl (C=O) groups is 2. The molecule has 0 saturated heterocycles. The van der Waals surface area contributed by atoms with Crippen LogP contribution in [-0.4, -0.2) is 31.6 Å². The molecule has 0 radical (unpaired) electrons. The Kier molecular flexibility index (Phi) is 7.27. The summed E-state index contributed by atoms with van der Waals surface area (Å²) < 4.78 is 5.07. The van der Waals surface area contributed by atoms with E-state index >= 15 is 0 Å². The SMILES string of the molecule is CCOCCC(=O)NCCC(=O)Nc1ccccc1. The van der Waals surface area contributed by atoms with Crippen LogP contribution in [0.4, 0.5) is 5.69 Å².